The van der Waals surface area contributed by atoms with Gasteiger partial charge in [-0.2, -0.15) is 9.78 Å². The zero-order valence-electron chi connectivity index (χ0n) is 21.3. The number of benzene rings is 4. The van der Waals surface area contributed by atoms with E-state index >= 15 is 0 Å². The third kappa shape index (κ3) is 4.38. The number of aryl methyl sites for hydroxylation is 1. The zero-order chi connectivity index (χ0) is 26.9. The van der Waals surface area contributed by atoms with Gasteiger partial charge in [0.2, 0.25) is 0 Å². The van der Waals surface area contributed by atoms with Crippen molar-refractivity contribution in [3.63, 3.8) is 0 Å². The molecule has 8 nitrogen and oxygen atoms in total. The van der Waals surface area contributed by atoms with Crippen molar-refractivity contribution in [1.29, 1.82) is 0 Å². The van der Waals surface area contributed by atoms with Crippen molar-refractivity contribution in [2.45, 2.75) is 0 Å². The molecular weight excluding hydrogens is 492 g/mol. The van der Waals surface area contributed by atoms with Gasteiger partial charge in [-0.3, -0.25) is 9.59 Å². The molecule has 2 heterocycles. The molecule has 0 atom stereocenters. The SMILES string of the molecule is COc1ccc(-n2nc(C(=O)Nc3ccc(Oc4ccccc4)cc3)c3c4ccccc4n(C)c3c2=O)cc1. The van der Waals surface area contributed by atoms with Gasteiger partial charge in [0.25, 0.3) is 11.5 Å². The molecule has 192 valence electrons. The average Bonchev–Trinajstić information content (AvgIpc) is 3.28. The molecule has 0 fully saturated rings. The molecule has 0 spiro atoms. The number of ether oxygens (including phenoxy) is 2. The van der Waals surface area contributed by atoms with Crippen molar-refractivity contribution in [3.05, 3.63) is 119 Å². The van der Waals surface area contributed by atoms with Gasteiger partial charge in [-0.05, 0) is 66.7 Å². The lowest BCUT2D eigenvalue weighted by Crippen LogP contribution is -2.27. The van der Waals surface area contributed by atoms with E-state index in [2.05, 4.69) is 10.4 Å². The molecule has 0 aliphatic heterocycles. The molecule has 1 amide bonds. The van der Waals surface area contributed by atoms with Crippen molar-refractivity contribution < 1.29 is 14.3 Å². The molecular formula is C31H24N4O4. The molecule has 8 heteroatoms. The lowest BCUT2D eigenvalue weighted by atomic mass is 10.1. The molecule has 0 radical (unpaired) electrons. The summed E-state index contributed by atoms with van der Waals surface area (Å²) in [6.07, 6.45) is 0. The van der Waals surface area contributed by atoms with Crippen LogP contribution in [-0.2, 0) is 7.05 Å². The molecule has 0 unspecified atom stereocenters. The van der Waals surface area contributed by atoms with Gasteiger partial charge in [-0.1, -0.05) is 36.4 Å². The topological polar surface area (TPSA) is 87.4 Å². The minimum Gasteiger partial charge on any atom is -0.497 e. The first-order valence-corrected chi connectivity index (χ1v) is 12.3. The van der Waals surface area contributed by atoms with Crippen molar-refractivity contribution in [2.75, 3.05) is 12.4 Å². The molecule has 4 aromatic carbocycles. The zero-order valence-corrected chi connectivity index (χ0v) is 21.3. The van der Waals surface area contributed by atoms with Crippen LogP contribution in [0.2, 0.25) is 0 Å². The predicted octanol–water partition coefficient (Wildman–Crippen LogP) is 5.93. The number of nitrogens with one attached hydrogen (secondary N) is 1. The second-order valence-electron chi connectivity index (χ2n) is 8.96. The van der Waals surface area contributed by atoms with Gasteiger partial charge in [-0.15, -0.1) is 0 Å². The Morgan fingerprint density at radius 1 is 0.795 bits per heavy atom. The summed E-state index contributed by atoms with van der Waals surface area (Å²) in [6.45, 7) is 0. The van der Waals surface area contributed by atoms with Crippen LogP contribution in [0.4, 0.5) is 5.69 Å². The number of rotatable bonds is 6. The fourth-order valence-corrected chi connectivity index (χ4v) is 4.66. The normalized spacial score (nSPS) is 11.0. The summed E-state index contributed by atoms with van der Waals surface area (Å²) in [7, 11) is 3.39. The van der Waals surface area contributed by atoms with Crippen LogP contribution in [0, 0.1) is 0 Å². The van der Waals surface area contributed by atoms with Gasteiger partial charge in [0, 0.05) is 29.0 Å². The van der Waals surface area contributed by atoms with Gasteiger partial charge in [0.15, 0.2) is 5.69 Å². The number of fused-ring (bicyclic) bond motifs is 3. The van der Waals surface area contributed by atoms with E-state index < -0.39 is 5.91 Å². The first kappa shape index (κ1) is 24.0. The number of nitrogens with zero attached hydrogens (tertiary/aromatic N) is 3. The highest BCUT2D eigenvalue weighted by atomic mass is 16.5. The van der Waals surface area contributed by atoms with Gasteiger partial charge in [0.1, 0.15) is 22.8 Å². The van der Waals surface area contributed by atoms with Gasteiger partial charge < -0.3 is 19.4 Å². The maximum Gasteiger partial charge on any atom is 0.296 e. The minimum atomic E-state index is -0.435. The van der Waals surface area contributed by atoms with Crippen LogP contribution in [-0.4, -0.2) is 27.4 Å². The van der Waals surface area contributed by atoms with E-state index in [9.17, 15) is 9.59 Å². The van der Waals surface area contributed by atoms with Crippen molar-refractivity contribution in [2.24, 2.45) is 7.05 Å². The van der Waals surface area contributed by atoms with Crippen LogP contribution in [0.1, 0.15) is 10.5 Å². The van der Waals surface area contributed by atoms with Crippen LogP contribution in [0.3, 0.4) is 0 Å². The average molecular weight is 517 g/mol. The third-order valence-corrected chi connectivity index (χ3v) is 6.56. The van der Waals surface area contributed by atoms with E-state index in [-0.39, 0.29) is 11.3 Å². The Morgan fingerprint density at radius 3 is 2.15 bits per heavy atom. The number of methoxy groups -OCH3 is 1. The summed E-state index contributed by atoms with van der Waals surface area (Å²) in [6, 6.07) is 31.1. The van der Waals surface area contributed by atoms with Gasteiger partial charge in [-0.25, -0.2) is 0 Å². The van der Waals surface area contributed by atoms with Gasteiger partial charge >= 0.3 is 0 Å². The number of para-hydroxylation sites is 2. The standard InChI is InChI=1S/C31H24N4O4/c1-34-26-11-7-6-10-25(26)27-28(33-35(31(37)29(27)34)21-14-18-22(38-2)19-15-21)30(36)32-20-12-16-24(17-13-20)39-23-8-4-3-5-9-23/h3-19H,1-2H3,(H,32,36). The van der Waals surface area contributed by atoms with Crippen LogP contribution in [0.5, 0.6) is 17.2 Å². The molecule has 0 aliphatic rings. The summed E-state index contributed by atoms with van der Waals surface area (Å²) in [5, 5.41) is 8.78. The molecule has 6 aromatic rings. The summed E-state index contributed by atoms with van der Waals surface area (Å²) in [5.41, 5.74) is 2.12. The Balaban J connectivity index is 1.43. The lowest BCUT2D eigenvalue weighted by molar-refractivity contribution is 0.102. The van der Waals surface area contributed by atoms with Gasteiger partial charge in [0.05, 0.1) is 12.8 Å². The minimum absolute atomic E-state index is 0.141. The Labute approximate surface area is 223 Å². The fourth-order valence-electron chi connectivity index (χ4n) is 4.66. The van der Waals surface area contributed by atoms with Crippen molar-refractivity contribution >= 4 is 33.4 Å². The predicted molar refractivity (Wildman–Crippen MR) is 151 cm³/mol. The monoisotopic (exact) mass is 516 g/mol. The highest BCUT2D eigenvalue weighted by molar-refractivity contribution is 6.19. The Morgan fingerprint density at radius 2 is 1.44 bits per heavy atom. The highest BCUT2D eigenvalue weighted by Crippen LogP contribution is 2.29. The molecule has 1 N–H and O–H groups in total. The number of carbonyl (C=O) groups is 1. The largest absolute Gasteiger partial charge is 0.497 e. The fraction of sp³-hybridized carbons (Fsp3) is 0.0645. The third-order valence-electron chi connectivity index (χ3n) is 6.56. The number of amides is 1. The van der Waals surface area contributed by atoms with Crippen molar-refractivity contribution in [1.82, 2.24) is 14.3 Å². The van der Waals surface area contributed by atoms with Crippen LogP contribution >= 0.6 is 0 Å². The van der Waals surface area contributed by atoms with E-state index in [0.29, 0.717) is 33.8 Å². The summed E-state index contributed by atoms with van der Waals surface area (Å²) in [4.78, 5) is 27.4. The lowest BCUT2D eigenvalue weighted by Gasteiger charge is -2.12. The second-order valence-corrected chi connectivity index (χ2v) is 8.96. The van der Waals surface area contributed by atoms with E-state index in [0.717, 1.165) is 16.7 Å². The smallest absolute Gasteiger partial charge is 0.296 e. The highest BCUT2D eigenvalue weighted by Gasteiger charge is 2.23. The number of hydrogen-bond acceptors (Lipinski definition) is 5. The molecule has 39 heavy (non-hydrogen) atoms. The van der Waals surface area contributed by atoms with E-state index in [4.69, 9.17) is 9.47 Å². The number of carbonyl (C=O) groups excluding carboxylic acids is 1. The molecule has 6 rings (SSSR count). The van der Waals surface area contributed by atoms with E-state index in [1.807, 2.05) is 61.6 Å². The quantitative estimate of drug-likeness (QED) is 0.296. The summed E-state index contributed by atoms with van der Waals surface area (Å²) >= 11 is 0. The number of aromatic nitrogens is 3. The van der Waals surface area contributed by atoms with Crippen LogP contribution in [0.25, 0.3) is 27.5 Å². The number of hydrogen-bond donors (Lipinski definition) is 1. The number of anilines is 1. The molecule has 0 bridgehead atoms. The first-order valence-electron chi connectivity index (χ1n) is 12.3. The van der Waals surface area contributed by atoms with E-state index in [1.54, 1.807) is 60.2 Å². The molecule has 0 saturated heterocycles. The maximum absolute atomic E-state index is 13.7. The Kier molecular flexibility index (Phi) is 6.05. The summed E-state index contributed by atoms with van der Waals surface area (Å²) in [5.74, 6) is 1.57. The molecule has 0 aliphatic carbocycles. The van der Waals surface area contributed by atoms with Crippen LogP contribution < -0.4 is 20.3 Å². The Bertz CT molecular complexity index is 1870. The second kappa shape index (κ2) is 9.83. The summed E-state index contributed by atoms with van der Waals surface area (Å²) < 4.78 is 14.2. The van der Waals surface area contributed by atoms with Crippen LogP contribution in [0.15, 0.2) is 108 Å². The Hall–Kier alpha value is -5.37. The van der Waals surface area contributed by atoms with E-state index in [1.165, 1.54) is 4.68 Å². The maximum atomic E-state index is 13.7. The van der Waals surface area contributed by atoms with Crippen molar-refractivity contribution in [3.8, 4) is 22.9 Å². The first-order chi connectivity index (χ1) is 19.0. The molecule has 0 saturated carbocycles. The molecule has 2 aromatic heterocycles.